The maximum atomic E-state index is 11.4. The fourth-order valence-electron chi connectivity index (χ4n) is 3.40. The van der Waals surface area contributed by atoms with Gasteiger partial charge in [-0.15, -0.1) is 0 Å². The lowest BCUT2D eigenvalue weighted by atomic mass is 9.94. The third-order valence-corrected chi connectivity index (χ3v) is 6.48. The highest BCUT2D eigenvalue weighted by Crippen LogP contribution is 2.21. The normalized spacial score (nSPS) is 27.2. The van der Waals surface area contributed by atoms with Crippen LogP contribution >= 0.6 is 0 Å². The molecular weight excluding hydrogens is 274 g/mol. The second kappa shape index (κ2) is 7.76. The van der Waals surface area contributed by atoms with Crippen molar-refractivity contribution in [3.05, 3.63) is 0 Å². The summed E-state index contributed by atoms with van der Waals surface area (Å²) in [5.41, 5.74) is 0. The van der Waals surface area contributed by atoms with Crippen LogP contribution in [0.25, 0.3) is 0 Å². The van der Waals surface area contributed by atoms with Gasteiger partial charge in [0.25, 0.3) is 0 Å². The predicted octanol–water partition coefficient (Wildman–Crippen LogP) is 1.95. The van der Waals surface area contributed by atoms with Crippen molar-refractivity contribution >= 4 is 9.84 Å². The molecule has 0 radical (unpaired) electrons. The average molecular weight is 303 g/mol. The predicted molar refractivity (Wildman–Crippen MR) is 81.7 cm³/mol. The summed E-state index contributed by atoms with van der Waals surface area (Å²) in [7, 11) is -0.595. The van der Waals surface area contributed by atoms with Gasteiger partial charge in [0.2, 0.25) is 0 Å². The van der Waals surface area contributed by atoms with Crippen LogP contribution in [0.2, 0.25) is 0 Å². The molecule has 2 rings (SSSR count). The zero-order chi connectivity index (χ0) is 14.4. The van der Waals surface area contributed by atoms with Gasteiger partial charge in [-0.3, -0.25) is 0 Å². The highest BCUT2D eigenvalue weighted by atomic mass is 32.2. The lowest BCUT2D eigenvalue weighted by Crippen LogP contribution is -2.27. The molecule has 0 aromatic rings. The summed E-state index contributed by atoms with van der Waals surface area (Å²) in [4.78, 5) is 2.31. The summed E-state index contributed by atoms with van der Waals surface area (Å²) in [6.45, 7) is 3.93. The molecule has 0 amide bonds. The number of sulfone groups is 1. The van der Waals surface area contributed by atoms with Crippen LogP contribution in [0, 0.1) is 11.8 Å². The molecule has 2 saturated heterocycles. The Morgan fingerprint density at radius 3 is 2.50 bits per heavy atom. The Bertz CT molecular complexity index is 377. The number of nitrogens with zero attached hydrogens (tertiary/aromatic N) is 1. The molecule has 0 aromatic heterocycles. The van der Waals surface area contributed by atoms with E-state index in [9.17, 15) is 8.42 Å². The van der Waals surface area contributed by atoms with Crippen LogP contribution in [-0.4, -0.2) is 58.2 Å². The molecular formula is C15H29NO3S. The van der Waals surface area contributed by atoms with Crippen LogP contribution < -0.4 is 0 Å². The van der Waals surface area contributed by atoms with Crippen LogP contribution in [0.15, 0.2) is 0 Å². The molecule has 0 bridgehead atoms. The molecule has 0 N–H and O–H groups in total. The van der Waals surface area contributed by atoms with Crippen LogP contribution in [-0.2, 0) is 14.6 Å². The second-order valence-corrected chi connectivity index (χ2v) is 8.81. The molecule has 0 spiro atoms. The zero-order valence-electron chi connectivity index (χ0n) is 12.7. The van der Waals surface area contributed by atoms with Gasteiger partial charge in [-0.1, -0.05) is 12.8 Å². The molecule has 2 aliphatic heterocycles. The summed E-state index contributed by atoms with van der Waals surface area (Å²) in [5, 5.41) is 0. The van der Waals surface area contributed by atoms with E-state index in [2.05, 4.69) is 11.9 Å². The Morgan fingerprint density at radius 1 is 1.10 bits per heavy atom. The molecule has 2 fully saturated rings. The van der Waals surface area contributed by atoms with Crippen molar-refractivity contribution in [2.24, 2.45) is 11.8 Å². The summed E-state index contributed by atoms with van der Waals surface area (Å²) < 4.78 is 28.2. The third kappa shape index (κ3) is 5.70. The van der Waals surface area contributed by atoms with Crippen molar-refractivity contribution in [3.8, 4) is 0 Å². The number of hydrogen-bond donors (Lipinski definition) is 0. The van der Waals surface area contributed by atoms with Gasteiger partial charge in [0.15, 0.2) is 9.84 Å². The van der Waals surface area contributed by atoms with Gasteiger partial charge in [0.05, 0.1) is 11.5 Å². The Hall–Kier alpha value is -0.130. The average Bonchev–Trinajstić information content (AvgIpc) is 2.75. The molecule has 0 saturated carbocycles. The van der Waals surface area contributed by atoms with Crippen LogP contribution in [0.5, 0.6) is 0 Å². The van der Waals surface area contributed by atoms with Crippen molar-refractivity contribution < 1.29 is 13.2 Å². The molecule has 0 aromatic carbocycles. The van der Waals surface area contributed by atoms with Gasteiger partial charge in [-0.05, 0) is 51.1 Å². The Labute approximate surface area is 123 Å². The Morgan fingerprint density at radius 2 is 1.85 bits per heavy atom. The molecule has 118 valence electrons. The largest absolute Gasteiger partial charge is 0.381 e. The first-order chi connectivity index (χ1) is 9.55. The number of ether oxygens (including phenoxy) is 1. The standard InChI is InChI=1S/C15H29NO3S/c1-16(12-15-7-11-20(17,18)13-15)8-3-2-4-14-5-9-19-10-6-14/h14-15H,2-13H2,1H3/t15-/m1/s1. The fraction of sp³-hybridized carbons (Fsp3) is 1.00. The lowest BCUT2D eigenvalue weighted by Gasteiger charge is -2.23. The highest BCUT2D eigenvalue weighted by Gasteiger charge is 2.28. The molecule has 2 aliphatic rings. The number of unbranched alkanes of at least 4 members (excludes halogenated alkanes) is 1. The molecule has 0 unspecified atom stereocenters. The quantitative estimate of drug-likeness (QED) is 0.675. The van der Waals surface area contributed by atoms with Crippen molar-refractivity contribution in [1.82, 2.24) is 4.90 Å². The van der Waals surface area contributed by atoms with E-state index in [0.29, 0.717) is 17.4 Å². The summed E-state index contributed by atoms with van der Waals surface area (Å²) >= 11 is 0. The van der Waals surface area contributed by atoms with Crippen LogP contribution in [0.1, 0.15) is 38.5 Å². The van der Waals surface area contributed by atoms with E-state index in [1.54, 1.807) is 0 Å². The Kier molecular flexibility index (Phi) is 6.30. The molecule has 20 heavy (non-hydrogen) atoms. The van der Waals surface area contributed by atoms with Gasteiger partial charge < -0.3 is 9.64 Å². The lowest BCUT2D eigenvalue weighted by molar-refractivity contribution is 0.0629. The van der Waals surface area contributed by atoms with Crippen LogP contribution in [0.3, 0.4) is 0 Å². The first kappa shape index (κ1) is 16.2. The van der Waals surface area contributed by atoms with Crippen molar-refractivity contribution in [2.45, 2.75) is 38.5 Å². The van der Waals surface area contributed by atoms with Gasteiger partial charge in [0, 0.05) is 19.8 Å². The monoisotopic (exact) mass is 303 g/mol. The summed E-state index contributed by atoms with van der Waals surface area (Å²) in [6.07, 6.45) is 7.17. The fourth-order valence-corrected chi connectivity index (χ4v) is 5.25. The smallest absolute Gasteiger partial charge is 0.150 e. The van der Waals surface area contributed by atoms with Crippen molar-refractivity contribution in [1.29, 1.82) is 0 Å². The minimum Gasteiger partial charge on any atom is -0.381 e. The highest BCUT2D eigenvalue weighted by molar-refractivity contribution is 7.91. The maximum Gasteiger partial charge on any atom is 0.150 e. The van der Waals surface area contributed by atoms with E-state index in [1.807, 2.05) is 0 Å². The summed E-state index contributed by atoms with van der Waals surface area (Å²) in [6, 6.07) is 0. The number of rotatable bonds is 7. The van der Waals surface area contributed by atoms with E-state index >= 15 is 0 Å². The van der Waals surface area contributed by atoms with E-state index in [1.165, 1.54) is 32.1 Å². The minimum absolute atomic E-state index is 0.362. The van der Waals surface area contributed by atoms with Gasteiger partial charge in [-0.2, -0.15) is 0 Å². The van der Waals surface area contributed by atoms with E-state index < -0.39 is 9.84 Å². The SMILES string of the molecule is CN(CCCCC1CCOCC1)C[C@H]1CCS(=O)(=O)C1. The molecule has 4 nitrogen and oxygen atoms in total. The molecule has 1 atom stereocenters. The van der Waals surface area contributed by atoms with Crippen LogP contribution in [0.4, 0.5) is 0 Å². The summed E-state index contributed by atoms with van der Waals surface area (Å²) in [5.74, 6) is 2.03. The van der Waals surface area contributed by atoms with Gasteiger partial charge >= 0.3 is 0 Å². The van der Waals surface area contributed by atoms with Gasteiger partial charge in [0.1, 0.15) is 0 Å². The first-order valence-electron chi connectivity index (χ1n) is 8.02. The van der Waals surface area contributed by atoms with E-state index in [0.717, 1.165) is 38.6 Å². The number of hydrogen-bond acceptors (Lipinski definition) is 4. The van der Waals surface area contributed by atoms with Gasteiger partial charge in [-0.25, -0.2) is 8.42 Å². The second-order valence-electron chi connectivity index (χ2n) is 6.58. The van der Waals surface area contributed by atoms with E-state index in [4.69, 9.17) is 4.74 Å². The maximum absolute atomic E-state index is 11.4. The topological polar surface area (TPSA) is 46.6 Å². The third-order valence-electron chi connectivity index (χ3n) is 4.64. The minimum atomic E-state index is -2.72. The molecule has 5 heteroatoms. The zero-order valence-corrected chi connectivity index (χ0v) is 13.5. The van der Waals surface area contributed by atoms with Crippen molar-refractivity contribution in [3.63, 3.8) is 0 Å². The van der Waals surface area contributed by atoms with E-state index in [-0.39, 0.29) is 0 Å². The molecule has 2 heterocycles. The first-order valence-corrected chi connectivity index (χ1v) is 9.84. The Balaban J connectivity index is 1.53. The van der Waals surface area contributed by atoms with Crippen molar-refractivity contribution in [2.75, 3.05) is 44.9 Å². The molecule has 0 aliphatic carbocycles.